The molecule has 5 nitrogen and oxygen atoms in total. The van der Waals surface area contributed by atoms with Crippen molar-refractivity contribution in [2.45, 2.75) is 32.7 Å². The predicted octanol–water partition coefficient (Wildman–Crippen LogP) is 2.86. The Kier molecular flexibility index (Phi) is 6.70. The zero-order valence-electron chi connectivity index (χ0n) is 12.7. The maximum atomic E-state index is 11.8. The highest BCUT2D eigenvalue weighted by Gasteiger charge is 2.14. The molecule has 0 saturated carbocycles. The number of unbranched alkanes of at least 4 members (excludes halogenated alkanes) is 1. The van der Waals surface area contributed by atoms with Crippen molar-refractivity contribution in [3.63, 3.8) is 0 Å². The first-order valence-electron chi connectivity index (χ1n) is 6.88. The Bertz CT molecular complexity index is 435. The normalized spacial score (nSPS) is 11.6. The van der Waals surface area contributed by atoms with Crippen LogP contribution in [0.25, 0.3) is 0 Å². The highest BCUT2D eigenvalue weighted by atomic mass is 16.5. The first-order valence-corrected chi connectivity index (χ1v) is 6.88. The van der Waals surface area contributed by atoms with E-state index in [1.54, 1.807) is 14.2 Å². The van der Waals surface area contributed by atoms with Gasteiger partial charge in [-0.25, -0.2) is 4.79 Å². The standard InChI is InChI=1S/C15H24N2O3/c1-5-6-9-16-15(18)17-11(2)13-10-12(19-3)7-8-14(13)20-4/h7-8,10-11H,5-6,9H2,1-4H3,(H2,16,17,18)/t11-/m1/s1. The molecule has 20 heavy (non-hydrogen) atoms. The number of hydrogen-bond donors (Lipinski definition) is 2. The number of carbonyl (C=O) groups excluding carboxylic acids is 1. The van der Waals surface area contributed by atoms with E-state index in [0.29, 0.717) is 6.54 Å². The van der Waals surface area contributed by atoms with Crippen LogP contribution in [0.1, 0.15) is 38.3 Å². The Labute approximate surface area is 120 Å². The van der Waals surface area contributed by atoms with Crippen LogP contribution < -0.4 is 20.1 Å². The van der Waals surface area contributed by atoms with Gasteiger partial charge in [0.05, 0.1) is 20.3 Å². The van der Waals surface area contributed by atoms with Crippen LogP contribution in [0.5, 0.6) is 11.5 Å². The smallest absolute Gasteiger partial charge is 0.315 e. The third-order valence-corrected chi connectivity index (χ3v) is 3.07. The molecule has 5 heteroatoms. The summed E-state index contributed by atoms with van der Waals surface area (Å²) in [6.07, 6.45) is 2.03. The van der Waals surface area contributed by atoms with E-state index in [2.05, 4.69) is 17.6 Å². The summed E-state index contributed by atoms with van der Waals surface area (Å²) in [5.74, 6) is 1.47. The average molecular weight is 280 g/mol. The number of urea groups is 1. The molecule has 0 aliphatic heterocycles. The Hall–Kier alpha value is -1.91. The molecule has 2 amide bonds. The molecule has 0 radical (unpaired) electrons. The van der Waals surface area contributed by atoms with Crippen LogP contribution in [0, 0.1) is 0 Å². The van der Waals surface area contributed by atoms with E-state index < -0.39 is 0 Å². The lowest BCUT2D eigenvalue weighted by molar-refractivity contribution is 0.237. The van der Waals surface area contributed by atoms with Crippen LogP contribution in [0.15, 0.2) is 18.2 Å². The molecule has 0 saturated heterocycles. The van der Waals surface area contributed by atoms with E-state index in [-0.39, 0.29) is 12.1 Å². The van der Waals surface area contributed by atoms with E-state index in [1.165, 1.54) is 0 Å². The molecule has 0 aliphatic carbocycles. The number of carbonyl (C=O) groups is 1. The van der Waals surface area contributed by atoms with Gasteiger partial charge in [0, 0.05) is 12.1 Å². The number of benzene rings is 1. The summed E-state index contributed by atoms with van der Waals surface area (Å²) in [4.78, 5) is 11.8. The Balaban J connectivity index is 2.70. The molecule has 0 fully saturated rings. The van der Waals surface area contributed by atoms with Crippen LogP contribution in [-0.4, -0.2) is 26.8 Å². The molecule has 1 aromatic rings. The van der Waals surface area contributed by atoms with Gasteiger partial charge in [0.1, 0.15) is 11.5 Å². The Morgan fingerprint density at radius 1 is 1.30 bits per heavy atom. The topological polar surface area (TPSA) is 59.6 Å². The third-order valence-electron chi connectivity index (χ3n) is 3.07. The largest absolute Gasteiger partial charge is 0.497 e. The summed E-state index contributed by atoms with van der Waals surface area (Å²) in [6.45, 7) is 4.68. The van der Waals surface area contributed by atoms with Gasteiger partial charge in [-0.15, -0.1) is 0 Å². The van der Waals surface area contributed by atoms with Gasteiger partial charge < -0.3 is 20.1 Å². The van der Waals surface area contributed by atoms with Crippen molar-refractivity contribution >= 4 is 6.03 Å². The van der Waals surface area contributed by atoms with Crippen LogP contribution in [0.2, 0.25) is 0 Å². The summed E-state index contributed by atoms with van der Waals surface area (Å²) < 4.78 is 10.5. The minimum absolute atomic E-state index is 0.165. The molecule has 0 spiro atoms. The van der Waals surface area contributed by atoms with Gasteiger partial charge in [-0.2, -0.15) is 0 Å². The van der Waals surface area contributed by atoms with Crippen molar-refractivity contribution in [1.29, 1.82) is 0 Å². The fourth-order valence-corrected chi connectivity index (χ4v) is 1.88. The SMILES string of the molecule is CCCCNC(=O)N[C@H](C)c1cc(OC)ccc1OC. The maximum absolute atomic E-state index is 11.8. The lowest BCUT2D eigenvalue weighted by atomic mass is 10.1. The van der Waals surface area contributed by atoms with Gasteiger partial charge in [-0.05, 0) is 31.5 Å². The number of rotatable bonds is 7. The summed E-state index contributed by atoms with van der Waals surface area (Å²) in [5.41, 5.74) is 0.887. The lowest BCUT2D eigenvalue weighted by Crippen LogP contribution is -2.37. The van der Waals surface area contributed by atoms with Gasteiger partial charge in [0.2, 0.25) is 0 Å². The molecular formula is C15H24N2O3. The molecule has 2 N–H and O–H groups in total. The third kappa shape index (κ3) is 4.64. The van der Waals surface area contributed by atoms with Crippen molar-refractivity contribution in [3.05, 3.63) is 23.8 Å². The number of ether oxygens (including phenoxy) is 2. The van der Waals surface area contributed by atoms with Crippen molar-refractivity contribution in [1.82, 2.24) is 10.6 Å². The summed E-state index contributed by atoms with van der Waals surface area (Å²) in [7, 11) is 3.22. The molecule has 1 aromatic carbocycles. The fourth-order valence-electron chi connectivity index (χ4n) is 1.88. The fraction of sp³-hybridized carbons (Fsp3) is 0.533. The van der Waals surface area contributed by atoms with Crippen LogP contribution in [0.3, 0.4) is 0 Å². The zero-order valence-corrected chi connectivity index (χ0v) is 12.7. The monoisotopic (exact) mass is 280 g/mol. The molecular weight excluding hydrogens is 256 g/mol. The van der Waals surface area contributed by atoms with E-state index in [9.17, 15) is 4.79 Å². The van der Waals surface area contributed by atoms with Crippen molar-refractivity contribution < 1.29 is 14.3 Å². The molecule has 112 valence electrons. The molecule has 0 aliphatic rings. The Morgan fingerprint density at radius 3 is 2.65 bits per heavy atom. The molecule has 1 rings (SSSR count). The van der Waals surface area contributed by atoms with Gasteiger partial charge in [0.25, 0.3) is 0 Å². The maximum Gasteiger partial charge on any atom is 0.315 e. The van der Waals surface area contributed by atoms with Gasteiger partial charge in [0.15, 0.2) is 0 Å². The highest BCUT2D eigenvalue weighted by Crippen LogP contribution is 2.29. The molecule has 0 unspecified atom stereocenters. The molecule has 0 heterocycles. The molecule has 0 bridgehead atoms. The second-order valence-corrected chi connectivity index (χ2v) is 4.58. The molecule has 0 aromatic heterocycles. The van der Waals surface area contributed by atoms with Crippen molar-refractivity contribution in [3.8, 4) is 11.5 Å². The first-order chi connectivity index (χ1) is 9.62. The van der Waals surface area contributed by atoms with Gasteiger partial charge in [-0.3, -0.25) is 0 Å². The van der Waals surface area contributed by atoms with E-state index in [1.807, 2.05) is 25.1 Å². The number of nitrogens with one attached hydrogen (secondary N) is 2. The average Bonchev–Trinajstić information content (AvgIpc) is 2.46. The van der Waals surface area contributed by atoms with Gasteiger partial charge >= 0.3 is 6.03 Å². The number of methoxy groups -OCH3 is 2. The minimum Gasteiger partial charge on any atom is -0.497 e. The van der Waals surface area contributed by atoms with E-state index >= 15 is 0 Å². The van der Waals surface area contributed by atoms with E-state index in [0.717, 1.165) is 29.9 Å². The zero-order chi connectivity index (χ0) is 15.0. The summed E-state index contributed by atoms with van der Waals surface area (Å²) in [6, 6.07) is 5.20. The quantitative estimate of drug-likeness (QED) is 0.755. The molecule has 1 atom stereocenters. The minimum atomic E-state index is -0.171. The lowest BCUT2D eigenvalue weighted by Gasteiger charge is -2.18. The van der Waals surface area contributed by atoms with Crippen LogP contribution >= 0.6 is 0 Å². The predicted molar refractivity (Wildman–Crippen MR) is 79.4 cm³/mol. The second kappa shape index (κ2) is 8.30. The summed E-state index contributed by atoms with van der Waals surface area (Å²) >= 11 is 0. The second-order valence-electron chi connectivity index (χ2n) is 4.58. The van der Waals surface area contributed by atoms with Crippen LogP contribution in [0.4, 0.5) is 4.79 Å². The first kappa shape index (κ1) is 16.1. The number of amides is 2. The number of hydrogen-bond acceptors (Lipinski definition) is 3. The van der Waals surface area contributed by atoms with E-state index in [4.69, 9.17) is 9.47 Å². The van der Waals surface area contributed by atoms with Crippen molar-refractivity contribution in [2.75, 3.05) is 20.8 Å². The van der Waals surface area contributed by atoms with Crippen molar-refractivity contribution in [2.24, 2.45) is 0 Å². The summed E-state index contributed by atoms with van der Waals surface area (Å²) in [5, 5.41) is 5.72. The van der Waals surface area contributed by atoms with Gasteiger partial charge in [-0.1, -0.05) is 13.3 Å². The van der Waals surface area contributed by atoms with Crippen LogP contribution in [-0.2, 0) is 0 Å². The Morgan fingerprint density at radius 2 is 2.05 bits per heavy atom. The highest BCUT2D eigenvalue weighted by molar-refractivity contribution is 5.74.